The van der Waals surface area contributed by atoms with Gasteiger partial charge < -0.3 is 23.8 Å². The van der Waals surface area contributed by atoms with E-state index in [-0.39, 0.29) is 19.1 Å². The Morgan fingerprint density at radius 1 is 1.11 bits per heavy atom. The predicted molar refractivity (Wildman–Crippen MR) is 169 cm³/mol. The van der Waals surface area contributed by atoms with Gasteiger partial charge in [0.05, 0.1) is 32.5 Å². The maximum absolute atomic E-state index is 14.5. The van der Waals surface area contributed by atoms with Crippen LogP contribution in [0.15, 0.2) is 30.5 Å². The average Bonchev–Trinajstić information content (AvgIpc) is 3.32. The number of esters is 1. The van der Waals surface area contributed by atoms with Gasteiger partial charge in [-0.1, -0.05) is 44.9 Å². The molecule has 0 N–H and O–H groups in total. The minimum Gasteiger partial charge on any atom is -0.481 e. The van der Waals surface area contributed by atoms with Gasteiger partial charge >= 0.3 is 5.97 Å². The van der Waals surface area contributed by atoms with Crippen LogP contribution in [0.3, 0.4) is 0 Å². The minimum absolute atomic E-state index is 0.206. The average molecular weight is 627 g/mol. The first kappa shape index (κ1) is 32.7. The summed E-state index contributed by atoms with van der Waals surface area (Å²) in [5.74, 6) is -0.0255. The van der Waals surface area contributed by atoms with E-state index in [0.29, 0.717) is 29.8 Å². The van der Waals surface area contributed by atoms with Crippen LogP contribution in [-0.2, 0) is 30.4 Å². The van der Waals surface area contributed by atoms with Crippen molar-refractivity contribution >= 4 is 23.5 Å². The monoisotopic (exact) mass is 626 g/mol. The summed E-state index contributed by atoms with van der Waals surface area (Å²) in [5.41, 5.74) is 3.40. The van der Waals surface area contributed by atoms with E-state index in [1.54, 1.807) is 18.9 Å². The summed E-state index contributed by atoms with van der Waals surface area (Å²) in [6.07, 6.45) is 6.64. The van der Waals surface area contributed by atoms with Crippen LogP contribution in [0.1, 0.15) is 100 Å². The molecule has 1 aliphatic carbocycles. The molecular formula is C35H47ClN2O6. The van der Waals surface area contributed by atoms with E-state index in [9.17, 15) is 9.59 Å². The fourth-order valence-electron chi connectivity index (χ4n) is 7.12. The molecule has 0 unspecified atom stereocenters. The number of rotatable bonds is 9. The van der Waals surface area contributed by atoms with Crippen molar-refractivity contribution in [3.05, 3.63) is 57.7 Å². The zero-order valence-electron chi connectivity index (χ0n) is 26.9. The lowest BCUT2D eigenvalue weighted by atomic mass is 9.73. The molecule has 5 rings (SSSR count). The van der Waals surface area contributed by atoms with Gasteiger partial charge in [-0.05, 0) is 92.2 Å². The quantitative estimate of drug-likeness (QED) is 0.278. The number of hydrogen-bond acceptors (Lipinski definition) is 7. The topological polar surface area (TPSA) is 87.2 Å². The van der Waals surface area contributed by atoms with Gasteiger partial charge in [-0.25, -0.2) is 9.78 Å². The molecule has 1 saturated carbocycles. The summed E-state index contributed by atoms with van der Waals surface area (Å²) in [4.78, 5) is 34.8. The lowest BCUT2D eigenvalue weighted by Gasteiger charge is -2.36. The van der Waals surface area contributed by atoms with Crippen molar-refractivity contribution in [3.63, 3.8) is 0 Å². The molecule has 2 aromatic rings. The van der Waals surface area contributed by atoms with Crippen molar-refractivity contribution in [2.45, 2.75) is 110 Å². The van der Waals surface area contributed by atoms with Crippen LogP contribution >= 0.6 is 11.6 Å². The predicted octanol–water partition coefficient (Wildman–Crippen LogP) is 6.95. The molecule has 0 spiro atoms. The maximum atomic E-state index is 14.5. The summed E-state index contributed by atoms with van der Waals surface area (Å²) in [7, 11) is 1.61. The van der Waals surface area contributed by atoms with Gasteiger partial charge in [0.25, 0.3) is 5.91 Å². The maximum Gasteiger partial charge on any atom is 0.329 e. The summed E-state index contributed by atoms with van der Waals surface area (Å²) in [6, 6.07) is 6.35. The summed E-state index contributed by atoms with van der Waals surface area (Å²) < 4.78 is 24.3. The smallest absolute Gasteiger partial charge is 0.329 e. The number of carbonyl (C=O) groups is 2. The standard InChI is InChI=1S/C35H47ClN2O6/c1-7-42-34(40)30-28(35(3,4)5)31(44-20-24-17-23(22-11-10-12-22)19-37-32(24)41-6)29(26-18-25(36)15-14-21(26)2)38(30)33(39)27-13-8-9-16-43-27/h14-15,17-19,22,27-31H,7-13,16,20H2,1-6H3/t27-,28-,29-,30-,31-/m0/s1. The lowest BCUT2D eigenvalue weighted by molar-refractivity contribution is -0.162. The molecule has 3 aliphatic rings. The number of likely N-dealkylation sites (tertiary alicyclic amines) is 1. The zero-order chi connectivity index (χ0) is 31.6. The van der Waals surface area contributed by atoms with Crippen LogP contribution in [0, 0.1) is 18.3 Å². The highest BCUT2D eigenvalue weighted by atomic mass is 35.5. The Labute approximate surface area is 266 Å². The first-order chi connectivity index (χ1) is 21.0. The van der Waals surface area contributed by atoms with Gasteiger partial charge in [0.15, 0.2) is 0 Å². The Morgan fingerprint density at radius 2 is 1.89 bits per heavy atom. The third kappa shape index (κ3) is 6.63. The summed E-state index contributed by atoms with van der Waals surface area (Å²) >= 11 is 6.59. The second-order valence-electron chi connectivity index (χ2n) is 13.5. The second-order valence-corrected chi connectivity index (χ2v) is 13.9. The van der Waals surface area contributed by atoms with Gasteiger partial charge in [0.1, 0.15) is 12.1 Å². The van der Waals surface area contributed by atoms with Gasteiger partial charge in [-0.15, -0.1) is 0 Å². The molecule has 240 valence electrons. The molecule has 1 aromatic carbocycles. The molecule has 5 atom stereocenters. The highest BCUT2D eigenvalue weighted by Crippen LogP contribution is 2.51. The van der Waals surface area contributed by atoms with Gasteiger partial charge in [0, 0.05) is 29.3 Å². The summed E-state index contributed by atoms with van der Waals surface area (Å²) in [6.45, 7) is 11.0. The Hall–Kier alpha value is -2.68. The minimum atomic E-state index is -0.873. The Morgan fingerprint density at radius 3 is 2.50 bits per heavy atom. The Balaban J connectivity index is 1.63. The van der Waals surface area contributed by atoms with Crippen molar-refractivity contribution in [1.82, 2.24) is 9.88 Å². The summed E-state index contributed by atoms with van der Waals surface area (Å²) in [5, 5.41) is 0.552. The molecule has 0 radical (unpaired) electrons. The number of pyridine rings is 1. The Kier molecular flexibility index (Phi) is 10.2. The van der Waals surface area contributed by atoms with E-state index in [2.05, 4.69) is 31.8 Å². The van der Waals surface area contributed by atoms with Crippen molar-refractivity contribution in [3.8, 4) is 5.88 Å². The fourth-order valence-corrected chi connectivity index (χ4v) is 7.30. The second kappa shape index (κ2) is 13.8. The first-order valence-electron chi connectivity index (χ1n) is 16.1. The molecule has 2 aliphatic heterocycles. The number of amides is 1. The van der Waals surface area contributed by atoms with Crippen molar-refractivity contribution in [1.29, 1.82) is 0 Å². The van der Waals surface area contributed by atoms with Gasteiger partial charge in [0.2, 0.25) is 5.88 Å². The van der Waals surface area contributed by atoms with Crippen molar-refractivity contribution < 1.29 is 28.5 Å². The van der Waals surface area contributed by atoms with Crippen LogP contribution in [0.5, 0.6) is 5.88 Å². The number of benzene rings is 1. The number of carbonyl (C=O) groups excluding carboxylic acids is 2. The lowest BCUT2D eigenvalue weighted by Crippen LogP contribution is -2.51. The molecule has 1 amide bonds. The SMILES string of the molecule is CCOC(=O)[C@@H]1[C@H](C(C)(C)C)[C@H](OCc2cc(C3CCC3)cnc2OC)[C@H](c2cc(Cl)ccc2C)N1C(=O)[C@@H]1CCCCO1. The largest absolute Gasteiger partial charge is 0.481 e. The van der Waals surface area contributed by atoms with Crippen molar-refractivity contribution in [2.24, 2.45) is 11.3 Å². The highest BCUT2D eigenvalue weighted by molar-refractivity contribution is 6.30. The van der Waals surface area contributed by atoms with E-state index in [1.807, 2.05) is 31.3 Å². The molecule has 8 nitrogen and oxygen atoms in total. The van der Waals surface area contributed by atoms with E-state index in [1.165, 1.54) is 12.0 Å². The molecule has 44 heavy (non-hydrogen) atoms. The zero-order valence-corrected chi connectivity index (χ0v) is 27.7. The Bertz CT molecular complexity index is 1330. The van der Waals surface area contributed by atoms with Crippen LogP contribution in [-0.4, -0.2) is 60.3 Å². The van der Waals surface area contributed by atoms with E-state index < -0.39 is 41.6 Å². The fraction of sp³-hybridized carbons (Fsp3) is 0.629. The highest BCUT2D eigenvalue weighted by Gasteiger charge is 2.60. The van der Waals surface area contributed by atoms with Crippen LogP contribution in [0.25, 0.3) is 0 Å². The number of nitrogens with zero attached hydrogens (tertiary/aromatic N) is 2. The third-order valence-corrected chi connectivity index (χ3v) is 9.79. The normalized spacial score (nSPS) is 25.9. The molecule has 2 saturated heterocycles. The number of aromatic nitrogens is 1. The van der Waals surface area contributed by atoms with Crippen molar-refractivity contribution in [2.75, 3.05) is 20.3 Å². The third-order valence-electron chi connectivity index (χ3n) is 9.55. The van der Waals surface area contributed by atoms with Crippen LogP contribution in [0.2, 0.25) is 5.02 Å². The first-order valence-corrected chi connectivity index (χ1v) is 16.4. The number of ether oxygens (including phenoxy) is 4. The number of hydrogen-bond donors (Lipinski definition) is 0. The molecule has 3 heterocycles. The number of methoxy groups -OCH3 is 1. The number of halogens is 1. The van der Waals surface area contributed by atoms with E-state index >= 15 is 0 Å². The molecule has 3 fully saturated rings. The van der Waals surface area contributed by atoms with Gasteiger partial charge in [-0.2, -0.15) is 0 Å². The van der Waals surface area contributed by atoms with Crippen LogP contribution < -0.4 is 4.74 Å². The van der Waals surface area contributed by atoms with E-state index in [0.717, 1.165) is 42.4 Å². The van der Waals surface area contributed by atoms with Gasteiger partial charge in [-0.3, -0.25) is 4.79 Å². The molecule has 0 bridgehead atoms. The van der Waals surface area contributed by atoms with E-state index in [4.69, 9.17) is 30.5 Å². The molecular weight excluding hydrogens is 580 g/mol. The number of aryl methyl sites for hydroxylation is 1. The van der Waals surface area contributed by atoms with Crippen LogP contribution in [0.4, 0.5) is 0 Å². The molecule has 9 heteroatoms. The molecule has 1 aromatic heterocycles.